The van der Waals surface area contributed by atoms with E-state index in [0.29, 0.717) is 11.8 Å². The molecule has 2 unspecified atom stereocenters. The summed E-state index contributed by atoms with van der Waals surface area (Å²) in [5.74, 6) is 0.989. The summed E-state index contributed by atoms with van der Waals surface area (Å²) in [6.45, 7) is 8.47. The van der Waals surface area contributed by atoms with Crippen molar-refractivity contribution in [3.63, 3.8) is 0 Å². The third kappa shape index (κ3) is 2.58. The Bertz CT molecular complexity index is 704. The van der Waals surface area contributed by atoms with Crippen molar-refractivity contribution < 1.29 is 0 Å². The summed E-state index contributed by atoms with van der Waals surface area (Å²) in [6.07, 6.45) is 18.0. The van der Waals surface area contributed by atoms with Gasteiger partial charge in [-0.3, -0.25) is 0 Å². The molecule has 106 valence electrons. The SMILES string of the molecule is CC.CC1C=CC=c2c(c3c(n2C)=CC=CC(C)C=3)=C1. The van der Waals surface area contributed by atoms with Crippen LogP contribution in [0, 0.1) is 11.8 Å². The average molecular weight is 267 g/mol. The molecule has 1 heteroatoms. The lowest BCUT2D eigenvalue weighted by Crippen LogP contribution is -2.38. The fourth-order valence-corrected chi connectivity index (χ4v) is 2.80. The molecule has 0 saturated carbocycles. The van der Waals surface area contributed by atoms with Gasteiger partial charge in [0.1, 0.15) is 0 Å². The highest BCUT2D eigenvalue weighted by Gasteiger charge is 2.06. The fourth-order valence-electron chi connectivity index (χ4n) is 2.80. The minimum Gasteiger partial charge on any atom is -0.344 e. The van der Waals surface area contributed by atoms with Crippen LogP contribution in [0.4, 0.5) is 0 Å². The van der Waals surface area contributed by atoms with Gasteiger partial charge in [0.05, 0.1) is 0 Å². The van der Waals surface area contributed by atoms with Gasteiger partial charge in [0.15, 0.2) is 0 Å². The van der Waals surface area contributed by atoms with E-state index in [2.05, 4.69) is 74.1 Å². The Hall–Kier alpha value is -1.76. The molecule has 0 bridgehead atoms. The summed E-state index contributed by atoms with van der Waals surface area (Å²) < 4.78 is 2.29. The maximum Gasteiger partial charge on any atom is 0.0485 e. The summed E-state index contributed by atoms with van der Waals surface area (Å²) in [6, 6.07) is 0. The lowest BCUT2D eigenvalue weighted by Gasteiger charge is -1.95. The number of allylic oxidation sites excluding steroid dienone is 4. The van der Waals surface area contributed by atoms with E-state index in [1.54, 1.807) is 0 Å². The molecule has 0 N–H and O–H groups in total. The second-order valence-corrected chi connectivity index (χ2v) is 5.31. The first-order valence-corrected chi connectivity index (χ1v) is 7.62. The first-order chi connectivity index (χ1) is 9.66. The quantitative estimate of drug-likeness (QED) is 0.673. The van der Waals surface area contributed by atoms with Crippen LogP contribution in [0.15, 0.2) is 24.3 Å². The predicted octanol–water partition coefficient (Wildman–Crippen LogP) is 1.59. The van der Waals surface area contributed by atoms with Crippen LogP contribution in [-0.4, -0.2) is 4.57 Å². The monoisotopic (exact) mass is 267 g/mol. The van der Waals surface area contributed by atoms with Gasteiger partial charge in [-0.05, 0) is 24.0 Å². The molecule has 0 fully saturated rings. The van der Waals surface area contributed by atoms with Gasteiger partial charge < -0.3 is 4.57 Å². The molecule has 1 heterocycles. The summed E-state index contributed by atoms with van der Waals surface area (Å²) in [5, 5.41) is 5.40. The molecule has 3 rings (SSSR count). The van der Waals surface area contributed by atoms with Gasteiger partial charge in [0, 0.05) is 28.2 Å². The highest BCUT2D eigenvalue weighted by molar-refractivity contribution is 5.51. The normalized spacial score (nSPS) is 22.4. The summed E-state index contributed by atoms with van der Waals surface area (Å²) in [4.78, 5) is 0. The number of nitrogens with zero attached hydrogens (tertiary/aromatic N) is 1. The Labute approximate surface area is 121 Å². The maximum atomic E-state index is 2.37. The van der Waals surface area contributed by atoms with Crippen LogP contribution in [0.1, 0.15) is 27.7 Å². The Morgan fingerprint density at radius 1 is 0.800 bits per heavy atom. The van der Waals surface area contributed by atoms with Crippen molar-refractivity contribution in [2.45, 2.75) is 27.7 Å². The van der Waals surface area contributed by atoms with Gasteiger partial charge >= 0.3 is 0 Å². The van der Waals surface area contributed by atoms with Crippen LogP contribution in [0.5, 0.6) is 0 Å². The van der Waals surface area contributed by atoms with E-state index in [0.717, 1.165) is 0 Å². The molecule has 20 heavy (non-hydrogen) atoms. The molecule has 0 radical (unpaired) electrons. The molecule has 2 atom stereocenters. The van der Waals surface area contributed by atoms with Crippen molar-refractivity contribution in [3.05, 3.63) is 45.4 Å². The molecule has 0 aromatic carbocycles. The molecular formula is C19H25N. The highest BCUT2D eigenvalue weighted by Crippen LogP contribution is 2.01. The fraction of sp³-hybridized carbons (Fsp3) is 0.368. The topological polar surface area (TPSA) is 4.93 Å². The van der Waals surface area contributed by atoms with Gasteiger partial charge in [0.2, 0.25) is 0 Å². The standard InChI is InChI=1S/C17H19N.C2H6/c1-12-6-4-8-16-14(10-12)15-11-13(2)7-5-9-17(15)18(16)3;1-2/h4-13H,1-3H3;1-2H3. The van der Waals surface area contributed by atoms with E-state index in [-0.39, 0.29) is 0 Å². The van der Waals surface area contributed by atoms with Gasteiger partial charge in [-0.2, -0.15) is 0 Å². The maximum absolute atomic E-state index is 2.37. The van der Waals surface area contributed by atoms with Gasteiger partial charge in [-0.25, -0.2) is 0 Å². The second kappa shape index (κ2) is 6.13. The Kier molecular flexibility index (Phi) is 4.49. The molecule has 0 spiro atoms. The van der Waals surface area contributed by atoms with Crippen molar-refractivity contribution in [1.29, 1.82) is 0 Å². The van der Waals surface area contributed by atoms with E-state index in [1.807, 2.05) is 13.8 Å². The Balaban J connectivity index is 0.000000704. The minimum absolute atomic E-state index is 0.494. The smallest absolute Gasteiger partial charge is 0.0485 e. The summed E-state index contributed by atoms with van der Waals surface area (Å²) >= 11 is 0. The van der Waals surface area contributed by atoms with E-state index >= 15 is 0 Å². The van der Waals surface area contributed by atoms with E-state index in [4.69, 9.17) is 0 Å². The number of hydrogen-bond donors (Lipinski definition) is 0. The first-order valence-electron chi connectivity index (χ1n) is 7.62. The van der Waals surface area contributed by atoms with Gasteiger partial charge in [-0.15, -0.1) is 0 Å². The lowest BCUT2D eigenvalue weighted by atomic mass is 10.1. The Morgan fingerprint density at radius 3 is 1.60 bits per heavy atom. The highest BCUT2D eigenvalue weighted by atomic mass is 14.9. The second-order valence-electron chi connectivity index (χ2n) is 5.31. The first kappa shape index (κ1) is 14.6. The number of rotatable bonds is 0. The van der Waals surface area contributed by atoms with Crippen molar-refractivity contribution in [3.8, 4) is 0 Å². The molecule has 2 aliphatic carbocycles. The third-order valence-electron chi connectivity index (χ3n) is 3.76. The van der Waals surface area contributed by atoms with Gasteiger partial charge in [0.25, 0.3) is 0 Å². The zero-order valence-electron chi connectivity index (χ0n) is 13.2. The molecule has 1 nitrogen and oxygen atoms in total. The van der Waals surface area contributed by atoms with Crippen LogP contribution in [0.25, 0.3) is 24.3 Å². The molecule has 0 saturated heterocycles. The van der Waals surface area contributed by atoms with Gasteiger partial charge in [-0.1, -0.05) is 64.2 Å². The molecule has 1 aromatic rings. The number of fused-ring (bicyclic) bond motifs is 3. The van der Waals surface area contributed by atoms with E-state index < -0.39 is 0 Å². The lowest BCUT2D eigenvalue weighted by molar-refractivity contribution is 0.855. The zero-order chi connectivity index (χ0) is 14.7. The van der Waals surface area contributed by atoms with E-state index in [1.165, 1.54) is 21.1 Å². The van der Waals surface area contributed by atoms with Crippen molar-refractivity contribution in [1.82, 2.24) is 4.57 Å². The van der Waals surface area contributed by atoms with Crippen LogP contribution >= 0.6 is 0 Å². The Morgan fingerprint density at radius 2 is 1.20 bits per heavy atom. The minimum atomic E-state index is 0.494. The molecular weight excluding hydrogens is 242 g/mol. The summed E-state index contributed by atoms with van der Waals surface area (Å²) in [5.41, 5.74) is 0. The van der Waals surface area contributed by atoms with Crippen molar-refractivity contribution >= 4 is 24.3 Å². The molecule has 2 aliphatic rings. The number of hydrogen-bond acceptors (Lipinski definition) is 0. The predicted molar refractivity (Wildman–Crippen MR) is 89.7 cm³/mol. The van der Waals surface area contributed by atoms with Crippen LogP contribution in [0.3, 0.4) is 0 Å². The largest absolute Gasteiger partial charge is 0.344 e. The van der Waals surface area contributed by atoms with Crippen LogP contribution in [-0.2, 0) is 7.05 Å². The number of aromatic nitrogens is 1. The molecule has 1 aromatic heterocycles. The zero-order valence-corrected chi connectivity index (χ0v) is 13.2. The van der Waals surface area contributed by atoms with Crippen LogP contribution < -0.4 is 21.1 Å². The van der Waals surface area contributed by atoms with Crippen molar-refractivity contribution in [2.75, 3.05) is 0 Å². The van der Waals surface area contributed by atoms with E-state index in [9.17, 15) is 0 Å². The molecule has 0 amide bonds. The van der Waals surface area contributed by atoms with Crippen LogP contribution in [0.2, 0.25) is 0 Å². The van der Waals surface area contributed by atoms with Crippen molar-refractivity contribution in [2.24, 2.45) is 18.9 Å². The average Bonchev–Trinajstić information content (AvgIpc) is 2.65. The summed E-state index contributed by atoms with van der Waals surface area (Å²) in [7, 11) is 2.15. The molecule has 0 aliphatic heterocycles. The third-order valence-corrected chi connectivity index (χ3v) is 3.76.